The van der Waals surface area contributed by atoms with Gasteiger partial charge in [0.25, 0.3) is 0 Å². The van der Waals surface area contributed by atoms with Crippen molar-refractivity contribution in [2.45, 2.75) is 24.6 Å². The van der Waals surface area contributed by atoms with E-state index >= 15 is 0 Å². The second kappa shape index (κ2) is 5.13. The molecule has 2 atom stereocenters. The van der Waals surface area contributed by atoms with Crippen LogP contribution in [0.1, 0.15) is 17.5 Å². The maximum Gasteiger partial charge on any atom is 0.0505 e. The summed E-state index contributed by atoms with van der Waals surface area (Å²) in [7, 11) is 0. The molecule has 0 aromatic heterocycles. The molecule has 1 fully saturated rings. The van der Waals surface area contributed by atoms with Crippen molar-refractivity contribution in [3.63, 3.8) is 0 Å². The molecule has 15 heavy (non-hydrogen) atoms. The van der Waals surface area contributed by atoms with Crippen LogP contribution in [0.5, 0.6) is 0 Å². The van der Waals surface area contributed by atoms with E-state index in [1.54, 1.807) is 0 Å². The Morgan fingerprint density at radius 3 is 2.73 bits per heavy atom. The first-order valence-electron chi connectivity index (χ1n) is 5.53. The highest BCUT2D eigenvalue weighted by Crippen LogP contribution is 2.25. The lowest BCUT2D eigenvalue weighted by Crippen LogP contribution is -2.16. The lowest BCUT2D eigenvalue weighted by atomic mass is 9.98. The summed E-state index contributed by atoms with van der Waals surface area (Å²) in [5.41, 5.74) is 2.74. The predicted octanol–water partition coefficient (Wildman–Crippen LogP) is 3.34. The van der Waals surface area contributed by atoms with Gasteiger partial charge in [0, 0.05) is 11.4 Å². The van der Waals surface area contributed by atoms with Gasteiger partial charge in [0.1, 0.15) is 0 Å². The average Bonchev–Trinajstić information content (AvgIpc) is 2.74. The third-order valence-electron chi connectivity index (χ3n) is 3.03. The fourth-order valence-corrected chi connectivity index (χ4v) is 2.74. The van der Waals surface area contributed by atoms with Gasteiger partial charge in [-0.25, -0.2) is 0 Å². The minimum atomic E-state index is 0.558. The first-order valence-corrected chi connectivity index (χ1v) is 6.44. The van der Waals surface area contributed by atoms with Crippen LogP contribution in [-0.4, -0.2) is 18.0 Å². The monoisotopic (exact) mass is 268 g/mol. The van der Waals surface area contributed by atoms with Crippen LogP contribution in [0, 0.1) is 12.8 Å². The van der Waals surface area contributed by atoms with Gasteiger partial charge in [-0.05, 0) is 31.2 Å². The summed E-state index contributed by atoms with van der Waals surface area (Å²) in [4.78, 5) is 0.558. The molecule has 2 rings (SSSR count). The molecule has 0 N–H and O–H groups in total. The first kappa shape index (κ1) is 11.2. The van der Waals surface area contributed by atoms with E-state index in [1.807, 2.05) is 0 Å². The fourth-order valence-electron chi connectivity index (χ4n) is 1.95. The molecule has 2 heteroatoms. The zero-order valence-electron chi connectivity index (χ0n) is 9.08. The minimum Gasteiger partial charge on any atom is -0.381 e. The fraction of sp³-hybridized carbons (Fsp3) is 0.538. The minimum absolute atomic E-state index is 0.558. The molecule has 1 nitrogen and oxygen atoms in total. The molecule has 1 aromatic carbocycles. The Labute approximate surface area is 100.0 Å². The highest BCUT2D eigenvalue weighted by molar-refractivity contribution is 9.09. The van der Waals surface area contributed by atoms with E-state index in [2.05, 4.69) is 47.1 Å². The molecule has 82 valence electrons. The molecule has 0 bridgehead atoms. The highest BCUT2D eigenvalue weighted by Gasteiger charge is 2.23. The van der Waals surface area contributed by atoms with Crippen molar-refractivity contribution in [1.29, 1.82) is 0 Å². The van der Waals surface area contributed by atoms with Gasteiger partial charge in [-0.1, -0.05) is 45.8 Å². The second-order valence-electron chi connectivity index (χ2n) is 4.33. The van der Waals surface area contributed by atoms with E-state index in [1.165, 1.54) is 17.5 Å². The summed E-state index contributed by atoms with van der Waals surface area (Å²) in [5.74, 6) is 0.686. The average molecular weight is 269 g/mol. The lowest BCUT2D eigenvalue weighted by Gasteiger charge is -2.15. The van der Waals surface area contributed by atoms with Crippen molar-refractivity contribution in [2.75, 3.05) is 13.2 Å². The smallest absolute Gasteiger partial charge is 0.0505 e. The molecule has 0 aliphatic carbocycles. The van der Waals surface area contributed by atoms with Gasteiger partial charge in [0.2, 0.25) is 0 Å². The van der Waals surface area contributed by atoms with Crippen molar-refractivity contribution in [2.24, 2.45) is 5.92 Å². The van der Waals surface area contributed by atoms with Gasteiger partial charge < -0.3 is 4.74 Å². The third kappa shape index (κ3) is 3.05. The first-order chi connectivity index (χ1) is 7.25. The maximum absolute atomic E-state index is 5.41. The standard InChI is InChI=1S/C13H17BrO/c1-10-2-4-11(5-3-10)8-13(14)12-6-7-15-9-12/h2-5,12-13H,6-9H2,1H3. The lowest BCUT2D eigenvalue weighted by molar-refractivity contribution is 0.185. The molecule has 0 spiro atoms. The zero-order valence-corrected chi connectivity index (χ0v) is 10.7. The van der Waals surface area contributed by atoms with Gasteiger partial charge >= 0.3 is 0 Å². The van der Waals surface area contributed by atoms with Crippen LogP contribution < -0.4 is 0 Å². The summed E-state index contributed by atoms with van der Waals surface area (Å²) in [6.07, 6.45) is 2.30. The molecular formula is C13H17BrO. The Morgan fingerprint density at radius 1 is 1.40 bits per heavy atom. The largest absolute Gasteiger partial charge is 0.381 e. The summed E-state index contributed by atoms with van der Waals surface area (Å²) < 4.78 is 5.41. The summed E-state index contributed by atoms with van der Waals surface area (Å²) in [5, 5.41) is 0. The number of hydrogen-bond donors (Lipinski definition) is 0. The summed E-state index contributed by atoms with van der Waals surface area (Å²) >= 11 is 3.78. The molecule has 1 aromatic rings. The molecule has 0 radical (unpaired) electrons. The Bertz CT molecular complexity index is 301. The van der Waals surface area contributed by atoms with E-state index in [9.17, 15) is 0 Å². The van der Waals surface area contributed by atoms with Crippen molar-refractivity contribution in [1.82, 2.24) is 0 Å². The van der Waals surface area contributed by atoms with E-state index in [0.717, 1.165) is 19.6 Å². The van der Waals surface area contributed by atoms with Crippen molar-refractivity contribution in [3.8, 4) is 0 Å². The van der Waals surface area contributed by atoms with Crippen LogP contribution >= 0.6 is 15.9 Å². The summed E-state index contributed by atoms with van der Waals surface area (Å²) in [6.45, 7) is 3.97. The normalized spacial score (nSPS) is 22.9. The number of halogens is 1. The zero-order chi connectivity index (χ0) is 10.7. The number of alkyl halides is 1. The molecule has 1 aliphatic heterocycles. The number of aryl methyl sites for hydroxylation is 1. The van der Waals surface area contributed by atoms with E-state index < -0.39 is 0 Å². The quantitative estimate of drug-likeness (QED) is 0.765. The summed E-state index contributed by atoms with van der Waals surface area (Å²) in [6, 6.07) is 8.80. The number of benzene rings is 1. The van der Waals surface area contributed by atoms with Crippen LogP contribution in [0.2, 0.25) is 0 Å². The molecule has 1 saturated heterocycles. The third-order valence-corrected chi connectivity index (χ3v) is 4.10. The van der Waals surface area contributed by atoms with Crippen LogP contribution in [0.15, 0.2) is 24.3 Å². The van der Waals surface area contributed by atoms with Gasteiger partial charge in [0.15, 0.2) is 0 Å². The second-order valence-corrected chi connectivity index (χ2v) is 5.51. The predicted molar refractivity (Wildman–Crippen MR) is 66.5 cm³/mol. The number of rotatable bonds is 3. The molecule has 0 amide bonds. The van der Waals surface area contributed by atoms with Crippen LogP contribution in [0.25, 0.3) is 0 Å². The Morgan fingerprint density at radius 2 is 2.13 bits per heavy atom. The van der Waals surface area contributed by atoms with E-state index in [-0.39, 0.29) is 0 Å². The van der Waals surface area contributed by atoms with Gasteiger partial charge in [0.05, 0.1) is 6.61 Å². The van der Waals surface area contributed by atoms with E-state index in [4.69, 9.17) is 4.74 Å². The maximum atomic E-state index is 5.41. The van der Waals surface area contributed by atoms with Crippen molar-refractivity contribution in [3.05, 3.63) is 35.4 Å². The number of ether oxygens (including phenoxy) is 1. The Balaban J connectivity index is 1.92. The van der Waals surface area contributed by atoms with Gasteiger partial charge in [-0.3, -0.25) is 0 Å². The molecule has 1 aliphatic rings. The number of hydrogen-bond acceptors (Lipinski definition) is 1. The van der Waals surface area contributed by atoms with Crippen LogP contribution in [0.3, 0.4) is 0 Å². The SMILES string of the molecule is Cc1ccc(CC(Br)C2CCOC2)cc1. The molecule has 0 saturated carbocycles. The Hall–Kier alpha value is -0.340. The van der Waals surface area contributed by atoms with Crippen molar-refractivity contribution < 1.29 is 4.74 Å². The molecular weight excluding hydrogens is 252 g/mol. The van der Waals surface area contributed by atoms with Gasteiger partial charge in [-0.15, -0.1) is 0 Å². The highest BCUT2D eigenvalue weighted by atomic mass is 79.9. The van der Waals surface area contributed by atoms with Crippen molar-refractivity contribution >= 4 is 15.9 Å². The Kier molecular flexibility index (Phi) is 3.81. The van der Waals surface area contributed by atoms with Gasteiger partial charge in [-0.2, -0.15) is 0 Å². The topological polar surface area (TPSA) is 9.23 Å². The van der Waals surface area contributed by atoms with E-state index in [0.29, 0.717) is 10.7 Å². The molecule has 2 unspecified atom stereocenters. The van der Waals surface area contributed by atoms with Crippen LogP contribution in [-0.2, 0) is 11.2 Å². The van der Waals surface area contributed by atoms with Crippen LogP contribution in [0.4, 0.5) is 0 Å². The molecule has 1 heterocycles.